The van der Waals surface area contributed by atoms with Crippen LogP contribution in [0.4, 0.5) is 0 Å². The quantitative estimate of drug-likeness (QED) is 0.783. The smallest absolute Gasteiger partial charge is 0.234 e. The van der Waals surface area contributed by atoms with Crippen molar-refractivity contribution < 1.29 is 14.1 Å². The molecule has 1 aliphatic rings. The van der Waals surface area contributed by atoms with Gasteiger partial charge in [-0.3, -0.25) is 4.79 Å². The summed E-state index contributed by atoms with van der Waals surface area (Å²) in [5, 5.41) is 3.97. The molecule has 0 saturated heterocycles. The van der Waals surface area contributed by atoms with E-state index in [1.807, 2.05) is 0 Å². The minimum Gasteiger partial charge on any atom is -0.377 e. The molecule has 0 amide bonds. The van der Waals surface area contributed by atoms with E-state index >= 15 is 0 Å². The lowest BCUT2D eigenvalue weighted by Gasteiger charge is -2.17. The van der Waals surface area contributed by atoms with Gasteiger partial charge in [-0.1, -0.05) is 24.4 Å². The maximum absolute atomic E-state index is 11.3. The van der Waals surface area contributed by atoms with Crippen molar-refractivity contribution in [3.63, 3.8) is 0 Å². The Hall–Kier alpha value is -1.23. The number of carbonyl (C=O) groups excluding carboxylic acids is 1. The summed E-state index contributed by atoms with van der Waals surface area (Å²) in [7, 11) is 1.50. The van der Waals surface area contributed by atoms with Crippen LogP contribution < -0.4 is 0 Å². The number of Topliss-reactive ketones (excluding diaryl/α,β-unsaturated/α-hetero) is 1. The molecular weight excluding hydrogens is 220 g/mol. The van der Waals surface area contributed by atoms with Gasteiger partial charge in [-0.05, 0) is 12.8 Å². The first kappa shape index (κ1) is 12.2. The lowest BCUT2D eigenvalue weighted by molar-refractivity contribution is -0.122. The molecule has 94 valence electrons. The predicted molar refractivity (Wildman–Crippen MR) is 60.7 cm³/mol. The van der Waals surface area contributed by atoms with Crippen LogP contribution in [0.15, 0.2) is 4.52 Å². The third kappa shape index (κ3) is 3.36. The zero-order valence-corrected chi connectivity index (χ0v) is 10.1. The molecule has 1 aromatic heterocycles. The molecule has 0 spiro atoms. The number of ketones is 1. The lowest BCUT2D eigenvalue weighted by atomic mass is 9.89. The number of nitrogens with zero attached hydrogens (tertiary/aromatic N) is 2. The standard InChI is InChI=1S/C12H18N2O3/c1-16-8-10(15)7-11-13-12(14-17-11)9-5-3-2-4-6-9/h9H,2-8H2,1H3. The Balaban J connectivity index is 1.93. The second-order valence-corrected chi connectivity index (χ2v) is 4.53. The zero-order valence-electron chi connectivity index (χ0n) is 10.1. The molecule has 0 aromatic carbocycles. The Morgan fingerprint density at radius 1 is 1.41 bits per heavy atom. The number of hydrogen-bond acceptors (Lipinski definition) is 5. The van der Waals surface area contributed by atoms with Crippen LogP contribution in [-0.2, 0) is 16.0 Å². The van der Waals surface area contributed by atoms with Crippen molar-refractivity contribution in [3.8, 4) is 0 Å². The first-order valence-corrected chi connectivity index (χ1v) is 6.12. The highest BCUT2D eigenvalue weighted by molar-refractivity contribution is 5.81. The van der Waals surface area contributed by atoms with E-state index in [1.165, 1.54) is 26.4 Å². The molecule has 0 bridgehead atoms. The van der Waals surface area contributed by atoms with E-state index in [0.29, 0.717) is 11.8 Å². The molecule has 0 radical (unpaired) electrons. The highest BCUT2D eigenvalue weighted by Gasteiger charge is 2.21. The summed E-state index contributed by atoms with van der Waals surface area (Å²) >= 11 is 0. The summed E-state index contributed by atoms with van der Waals surface area (Å²) in [6.07, 6.45) is 6.20. The molecular formula is C12H18N2O3. The van der Waals surface area contributed by atoms with Gasteiger partial charge in [-0.25, -0.2) is 0 Å². The molecule has 0 atom stereocenters. The molecule has 1 aliphatic carbocycles. The fraction of sp³-hybridized carbons (Fsp3) is 0.750. The van der Waals surface area contributed by atoms with Crippen molar-refractivity contribution in [3.05, 3.63) is 11.7 Å². The van der Waals surface area contributed by atoms with Crippen LogP contribution in [0, 0.1) is 0 Å². The molecule has 2 rings (SSSR count). The highest BCUT2D eigenvalue weighted by Crippen LogP contribution is 2.30. The van der Waals surface area contributed by atoms with Gasteiger partial charge in [0.25, 0.3) is 0 Å². The number of ether oxygens (including phenoxy) is 1. The zero-order chi connectivity index (χ0) is 12.1. The van der Waals surface area contributed by atoms with Crippen molar-refractivity contribution in [1.29, 1.82) is 0 Å². The van der Waals surface area contributed by atoms with Gasteiger partial charge in [-0.15, -0.1) is 0 Å². The van der Waals surface area contributed by atoms with Crippen LogP contribution in [0.1, 0.15) is 49.7 Å². The third-order valence-electron chi connectivity index (χ3n) is 3.11. The van der Waals surface area contributed by atoms with Crippen LogP contribution in [0.3, 0.4) is 0 Å². The Morgan fingerprint density at radius 2 is 2.18 bits per heavy atom. The van der Waals surface area contributed by atoms with E-state index in [9.17, 15) is 4.79 Å². The van der Waals surface area contributed by atoms with Gasteiger partial charge in [0.2, 0.25) is 5.89 Å². The fourth-order valence-electron chi connectivity index (χ4n) is 2.25. The molecule has 0 unspecified atom stereocenters. The van der Waals surface area contributed by atoms with E-state index < -0.39 is 0 Å². The van der Waals surface area contributed by atoms with E-state index in [1.54, 1.807) is 0 Å². The van der Waals surface area contributed by atoms with Crippen molar-refractivity contribution >= 4 is 5.78 Å². The van der Waals surface area contributed by atoms with Gasteiger partial charge in [0.1, 0.15) is 6.61 Å². The van der Waals surface area contributed by atoms with Crippen molar-refractivity contribution in [2.45, 2.75) is 44.4 Å². The van der Waals surface area contributed by atoms with Crippen molar-refractivity contribution in [2.75, 3.05) is 13.7 Å². The summed E-state index contributed by atoms with van der Waals surface area (Å²) in [5.41, 5.74) is 0. The number of hydrogen-bond donors (Lipinski definition) is 0. The van der Waals surface area contributed by atoms with Gasteiger partial charge in [0, 0.05) is 13.0 Å². The van der Waals surface area contributed by atoms with E-state index in [4.69, 9.17) is 9.26 Å². The Bertz CT molecular complexity index is 370. The van der Waals surface area contributed by atoms with Crippen LogP contribution in [0.25, 0.3) is 0 Å². The average molecular weight is 238 g/mol. The summed E-state index contributed by atoms with van der Waals surface area (Å²) in [5.74, 6) is 1.56. The maximum Gasteiger partial charge on any atom is 0.234 e. The number of aromatic nitrogens is 2. The van der Waals surface area contributed by atoms with Crippen LogP contribution >= 0.6 is 0 Å². The Morgan fingerprint density at radius 3 is 2.88 bits per heavy atom. The SMILES string of the molecule is COCC(=O)Cc1nc(C2CCCCC2)no1. The van der Waals surface area contributed by atoms with Gasteiger partial charge in [0.05, 0.1) is 6.42 Å². The first-order valence-electron chi connectivity index (χ1n) is 6.12. The second kappa shape index (κ2) is 5.91. The number of methoxy groups -OCH3 is 1. The number of carbonyl (C=O) groups is 1. The van der Waals surface area contributed by atoms with Gasteiger partial charge in [-0.2, -0.15) is 4.98 Å². The number of rotatable bonds is 5. The normalized spacial score (nSPS) is 17.2. The predicted octanol–water partition coefficient (Wildman–Crippen LogP) is 1.88. The molecule has 0 aliphatic heterocycles. The maximum atomic E-state index is 11.3. The summed E-state index contributed by atoms with van der Waals surface area (Å²) in [6.45, 7) is 0.0984. The summed E-state index contributed by atoms with van der Waals surface area (Å²) in [6, 6.07) is 0. The molecule has 5 heteroatoms. The van der Waals surface area contributed by atoms with E-state index in [0.717, 1.165) is 18.7 Å². The summed E-state index contributed by atoms with van der Waals surface area (Å²) in [4.78, 5) is 15.6. The first-order chi connectivity index (χ1) is 8.29. The minimum absolute atomic E-state index is 0.0358. The molecule has 1 heterocycles. The highest BCUT2D eigenvalue weighted by atomic mass is 16.5. The van der Waals surface area contributed by atoms with Gasteiger partial charge < -0.3 is 9.26 Å². The van der Waals surface area contributed by atoms with Gasteiger partial charge in [0.15, 0.2) is 11.6 Å². The summed E-state index contributed by atoms with van der Waals surface area (Å²) < 4.78 is 9.86. The van der Waals surface area contributed by atoms with Crippen molar-refractivity contribution in [1.82, 2.24) is 10.1 Å². The van der Waals surface area contributed by atoms with E-state index in [-0.39, 0.29) is 18.8 Å². The molecule has 0 N–H and O–H groups in total. The van der Waals surface area contributed by atoms with Crippen LogP contribution in [0.5, 0.6) is 0 Å². The lowest BCUT2D eigenvalue weighted by Crippen LogP contribution is -2.10. The molecule has 1 aromatic rings. The van der Waals surface area contributed by atoms with E-state index in [2.05, 4.69) is 10.1 Å². The Kier molecular flexibility index (Phi) is 4.25. The molecule has 1 fully saturated rings. The molecule has 17 heavy (non-hydrogen) atoms. The fourth-order valence-corrected chi connectivity index (χ4v) is 2.25. The largest absolute Gasteiger partial charge is 0.377 e. The van der Waals surface area contributed by atoms with Crippen LogP contribution in [0.2, 0.25) is 0 Å². The minimum atomic E-state index is -0.0358. The van der Waals surface area contributed by atoms with Crippen molar-refractivity contribution in [2.24, 2.45) is 0 Å². The third-order valence-corrected chi connectivity index (χ3v) is 3.11. The monoisotopic (exact) mass is 238 g/mol. The van der Waals surface area contributed by atoms with Gasteiger partial charge >= 0.3 is 0 Å². The average Bonchev–Trinajstić information content (AvgIpc) is 2.79. The van der Waals surface area contributed by atoms with Crippen LogP contribution in [-0.4, -0.2) is 29.6 Å². The topological polar surface area (TPSA) is 65.2 Å². The second-order valence-electron chi connectivity index (χ2n) is 4.53. The Labute approximate surface area is 101 Å². The molecule has 1 saturated carbocycles. The molecule has 5 nitrogen and oxygen atoms in total.